The predicted octanol–water partition coefficient (Wildman–Crippen LogP) is 6.98. The highest BCUT2D eigenvalue weighted by atomic mass is 16.5. The first-order valence-corrected chi connectivity index (χ1v) is 10.1. The first-order chi connectivity index (χ1) is 11.3. The summed E-state index contributed by atoms with van der Waals surface area (Å²) in [4.78, 5) is 11.5. The van der Waals surface area contributed by atoms with Gasteiger partial charge in [-0.1, -0.05) is 97.0 Å². The van der Waals surface area contributed by atoms with E-state index in [0.29, 0.717) is 6.61 Å². The summed E-state index contributed by atoms with van der Waals surface area (Å²) in [5.41, 5.74) is 0. The highest BCUT2D eigenvalue weighted by Gasteiger charge is 1.97. The minimum absolute atomic E-state index is 0.168. The second-order valence-corrected chi connectivity index (χ2v) is 6.60. The first-order valence-electron chi connectivity index (χ1n) is 10.1. The van der Waals surface area contributed by atoms with Gasteiger partial charge in [0.1, 0.15) is 0 Å². The number of ether oxygens (including phenoxy) is 1. The fourth-order valence-electron chi connectivity index (χ4n) is 2.68. The number of carbonyl (C=O) groups is 1. The maximum absolute atomic E-state index is 11.5. The smallest absolute Gasteiger partial charge is 0.330 e. The molecule has 0 aliphatic carbocycles. The molecule has 0 saturated carbocycles. The van der Waals surface area contributed by atoms with Gasteiger partial charge in [0, 0.05) is 6.08 Å². The molecule has 0 aromatic heterocycles. The highest BCUT2D eigenvalue weighted by molar-refractivity contribution is 5.81. The van der Waals surface area contributed by atoms with Gasteiger partial charge < -0.3 is 4.74 Å². The van der Waals surface area contributed by atoms with Crippen molar-refractivity contribution in [3.05, 3.63) is 12.2 Å². The Bertz CT molecular complexity index is 271. The molecule has 0 N–H and O–H groups in total. The zero-order chi connectivity index (χ0) is 17.0. The van der Waals surface area contributed by atoms with Crippen LogP contribution in [0.3, 0.4) is 0 Å². The number of carbonyl (C=O) groups excluding carboxylic acids is 1. The summed E-state index contributed by atoms with van der Waals surface area (Å²) in [6.45, 7) is 5.06. The van der Waals surface area contributed by atoms with Crippen LogP contribution in [0.25, 0.3) is 0 Å². The summed E-state index contributed by atoms with van der Waals surface area (Å²) in [7, 11) is 0. The molecule has 0 aromatic carbocycles. The van der Waals surface area contributed by atoms with E-state index in [2.05, 4.69) is 13.8 Å². The Kier molecular flexibility index (Phi) is 18.6. The summed E-state index contributed by atoms with van der Waals surface area (Å²) in [6.07, 6.45) is 22.6. The topological polar surface area (TPSA) is 26.3 Å². The van der Waals surface area contributed by atoms with Gasteiger partial charge >= 0.3 is 5.97 Å². The van der Waals surface area contributed by atoms with Crippen LogP contribution in [-0.2, 0) is 9.53 Å². The normalized spacial score (nSPS) is 11.2. The molecule has 0 fully saturated rings. The Balaban J connectivity index is 3.25. The third-order valence-electron chi connectivity index (χ3n) is 4.22. The van der Waals surface area contributed by atoms with Gasteiger partial charge in [0.15, 0.2) is 0 Å². The fraction of sp³-hybridized carbons (Fsp3) is 0.857. The van der Waals surface area contributed by atoms with Gasteiger partial charge in [-0.3, -0.25) is 0 Å². The molecule has 0 radical (unpaired) electrons. The molecule has 0 unspecified atom stereocenters. The van der Waals surface area contributed by atoms with E-state index < -0.39 is 0 Å². The lowest BCUT2D eigenvalue weighted by atomic mass is 10.1. The van der Waals surface area contributed by atoms with Crippen LogP contribution in [0.2, 0.25) is 0 Å². The van der Waals surface area contributed by atoms with Crippen LogP contribution >= 0.6 is 0 Å². The van der Waals surface area contributed by atoms with E-state index in [0.717, 1.165) is 12.8 Å². The zero-order valence-electron chi connectivity index (χ0n) is 15.8. The van der Waals surface area contributed by atoms with Crippen LogP contribution < -0.4 is 0 Å². The lowest BCUT2D eigenvalue weighted by Gasteiger charge is -2.02. The largest absolute Gasteiger partial charge is 0.463 e. The average molecular weight is 325 g/mol. The van der Waals surface area contributed by atoms with Crippen molar-refractivity contribution < 1.29 is 9.53 Å². The van der Waals surface area contributed by atoms with Crippen LogP contribution in [-0.4, -0.2) is 12.6 Å². The number of unbranched alkanes of at least 4 members (excludes halogenated alkanes) is 13. The molecule has 0 atom stereocenters. The zero-order valence-corrected chi connectivity index (χ0v) is 15.8. The van der Waals surface area contributed by atoms with Crippen molar-refractivity contribution in [1.29, 1.82) is 0 Å². The molecule has 2 heteroatoms. The van der Waals surface area contributed by atoms with E-state index in [1.54, 1.807) is 6.08 Å². The van der Waals surface area contributed by atoms with Crippen molar-refractivity contribution in [2.24, 2.45) is 0 Å². The maximum atomic E-state index is 11.5. The minimum Gasteiger partial charge on any atom is -0.463 e. The summed E-state index contributed by atoms with van der Waals surface area (Å²) < 4.78 is 5.21. The molecule has 0 rings (SSSR count). The number of hydrogen-bond acceptors (Lipinski definition) is 2. The van der Waals surface area contributed by atoms with Gasteiger partial charge in [0.25, 0.3) is 0 Å². The van der Waals surface area contributed by atoms with Crippen molar-refractivity contribution in [3.8, 4) is 0 Å². The van der Waals surface area contributed by atoms with E-state index >= 15 is 0 Å². The van der Waals surface area contributed by atoms with Gasteiger partial charge in [-0.15, -0.1) is 0 Å². The summed E-state index contributed by atoms with van der Waals surface area (Å²) in [6, 6.07) is 0. The number of rotatable bonds is 17. The van der Waals surface area contributed by atoms with Crippen LogP contribution in [0.4, 0.5) is 0 Å². The maximum Gasteiger partial charge on any atom is 0.330 e. The van der Waals surface area contributed by atoms with Gasteiger partial charge in [-0.2, -0.15) is 0 Å². The van der Waals surface area contributed by atoms with Gasteiger partial charge in [-0.05, 0) is 19.3 Å². The summed E-state index contributed by atoms with van der Waals surface area (Å²) in [5.74, 6) is -0.168. The number of hydrogen-bond donors (Lipinski definition) is 0. The Morgan fingerprint density at radius 1 is 0.696 bits per heavy atom. The van der Waals surface area contributed by atoms with Gasteiger partial charge in [-0.25, -0.2) is 4.79 Å². The fourth-order valence-corrected chi connectivity index (χ4v) is 2.68. The predicted molar refractivity (Wildman–Crippen MR) is 101 cm³/mol. The van der Waals surface area contributed by atoms with Gasteiger partial charge in [0.05, 0.1) is 6.61 Å². The lowest BCUT2D eigenvalue weighted by molar-refractivity contribution is -0.137. The molecule has 23 heavy (non-hydrogen) atoms. The van der Waals surface area contributed by atoms with Crippen molar-refractivity contribution >= 4 is 5.97 Å². The average Bonchev–Trinajstić information content (AvgIpc) is 2.55. The molecular formula is C21H40O2. The molecule has 0 aromatic rings. The molecule has 0 amide bonds. The Labute approximate surface area is 145 Å². The van der Waals surface area contributed by atoms with Crippen LogP contribution in [0.5, 0.6) is 0 Å². The van der Waals surface area contributed by atoms with Gasteiger partial charge in [0.2, 0.25) is 0 Å². The molecule has 0 heterocycles. The van der Waals surface area contributed by atoms with E-state index in [1.165, 1.54) is 83.5 Å². The molecule has 0 aliphatic heterocycles. The SMILES string of the molecule is CCCCCCCCCCC=CC(=O)OCCCCCCCC. The van der Waals surface area contributed by atoms with E-state index in [1.807, 2.05) is 6.08 Å². The second kappa shape index (κ2) is 19.3. The Hall–Kier alpha value is -0.790. The van der Waals surface area contributed by atoms with Crippen molar-refractivity contribution in [2.45, 2.75) is 110 Å². The molecule has 2 nitrogen and oxygen atoms in total. The quantitative estimate of drug-likeness (QED) is 0.164. The van der Waals surface area contributed by atoms with Crippen LogP contribution in [0, 0.1) is 0 Å². The van der Waals surface area contributed by atoms with Crippen molar-refractivity contribution in [3.63, 3.8) is 0 Å². The molecule has 0 aliphatic rings. The van der Waals surface area contributed by atoms with Crippen LogP contribution in [0.15, 0.2) is 12.2 Å². The third-order valence-corrected chi connectivity index (χ3v) is 4.22. The Morgan fingerprint density at radius 3 is 1.74 bits per heavy atom. The number of allylic oxidation sites excluding steroid dienone is 1. The Morgan fingerprint density at radius 2 is 1.17 bits per heavy atom. The minimum atomic E-state index is -0.168. The van der Waals surface area contributed by atoms with E-state index in [9.17, 15) is 4.79 Å². The number of esters is 1. The molecular weight excluding hydrogens is 284 g/mol. The second-order valence-electron chi connectivity index (χ2n) is 6.60. The lowest BCUT2D eigenvalue weighted by Crippen LogP contribution is -2.02. The highest BCUT2D eigenvalue weighted by Crippen LogP contribution is 2.10. The van der Waals surface area contributed by atoms with Crippen LogP contribution in [0.1, 0.15) is 110 Å². The summed E-state index contributed by atoms with van der Waals surface area (Å²) >= 11 is 0. The standard InChI is InChI=1S/C21H40O2/c1-3-5-7-9-11-12-13-14-15-17-19-21(22)23-20-18-16-10-8-6-4-2/h17,19H,3-16,18,20H2,1-2H3. The first kappa shape index (κ1) is 22.2. The van der Waals surface area contributed by atoms with Crippen molar-refractivity contribution in [1.82, 2.24) is 0 Å². The summed E-state index contributed by atoms with van der Waals surface area (Å²) in [5, 5.41) is 0. The van der Waals surface area contributed by atoms with E-state index in [4.69, 9.17) is 4.74 Å². The third kappa shape index (κ3) is 19.2. The molecule has 136 valence electrons. The molecule has 0 bridgehead atoms. The van der Waals surface area contributed by atoms with E-state index in [-0.39, 0.29) is 5.97 Å². The monoisotopic (exact) mass is 324 g/mol. The molecule has 0 saturated heterocycles. The molecule has 0 spiro atoms. The van der Waals surface area contributed by atoms with Crippen molar-refractivity contribution in [2.75, 3.05) is 6.61 Å².